The van der Waals surface area contributed by atoms with Gasteiger partial charge in [0.25, 0.3) is 11.8 Å². The third-order valence-corrected chi connectivity index (χ3v) is 11.1. The molecule has 60 heavy (non-hydrogen) atoms. The van der Waals surface area contributed by atoms with Crippen LogP contribution in [0.5, 0.6) is 0 Å². The van der Waals surface area contributed by atoms with Crippen LogP contribution in [0.4, 0.5) is 11.5 Å². The third kappa shape index (κ3) is 10.5. The van der Waals surface area contributed by atoms with Crippen molar-refractivity contribution in [3.63, 3.8) is 0 Å². The van der Waals surface area contributed by atoms with Crippen molar-refractivity contribution in [3.05, 3.63) is 54.6 Å². The summed E-state index contributed by atoms with van der Waals surface area (Å²) in [6.45, 7) is 6.76. The van der Waals surface area contributed by atoms with Crippen molar-refractivity contribution >= 4 is 52.2 Å². The second-order valence-corrected chi connectivity index (χ2v) is 15.9. The number of nitrogens with one attached hydrogen (secondary N) is 6. The molecule has 324 valence electrons. The van der Waals surface area contributed by atoms with Crippen LogP contribution >= 0.6 is 0 Å². The van der Waals surface area contributed by atoms with E-state index in [9.17, 15) is 44.4 Å². The van der Waals surface area contributed by atoms with E-state index in [1.165, 1.54) is 19.6 Å². The molecule has 21 heteroatoms. The molecule has 0 aliphatic carbocycles. The molecule has 0 saturated carbocycles. The van der Waals surface area contributed by atoms with Crippen LogP contribution in [-0.2, 0) is 35.3 Å². The van der Waals surface area contributed by atoms with E-state index >= 15 is 0 Å². The Hall–Kier alpha value is -5.42. The second kappa shape index (κ2) is 19.3. The maximum absolute atomic E-state index is 13.1. The number of nitrogens with zero attached hydrogens (tertiary/aromatic N) is 5. The predicted molar refractivity (Wildman–Crippen MR) is 214 cm³/mol. The normalized spacial score (nSPS) is 24.1. The number of ether oxygens (including phenoxy) is 1. The number of likely N-dealkylation sites (tertiary alicyclic amines) is 1. The monoisotopic (exact) mass is 836 g/mol. The van der Waals surface area contributed by atoms with Crippen LogP contribution in [0.25, 0.3) is 11.2 Å². The van der Waals surface area contributed by atoms with Crippen molar-refractivity contribution in [1.82, 2.24) is 40.8 Å². The van der Waals surface area contributed by atoms with Gasteiger partial charge in [-0.3, -0.25) is 34.2 Å². The molecule has 5 amide bonds. The van der Waals surface area contributed by atoms with E-state index in [1.54, 1.807) is 26.0 Å². The van der Waals surface area contributed by atoms with E-state index in [0.29, 0.717) is 27.9 Å². The van der Waals surface area contributed by atoms with E-state index in [0.717, 1.165) is 48.5 Å². The summed E-state index contributed by atoms with van der Waals surface area (Å²) >= 11 is 0. The lowest BCUT2D eigenvalue weighted by Gasteiger charge is -2.44. The van der Waals surface area contributed by atoms with E-state index in [2.05, 4.69) is 46.5 Å². The van der Waals surface area contributed by atoms with Gasteiger partial charge in [0.2, 0.25) is 17.7 Å². The third-order valence-electron chi connectivity index (χ3n) is 11.1. The summed E-state index contributed by atoms with van der Waals surface area (Å²) in [6.07, 6.45) is 0.542. The number of hydrogen-bond donors (Lipinski definition) is 10. The van der Waals surface area contributed by atoms with Crippen molar-refractivity contribution in [1.29, 1.82) is 0 Å². The average molecular weight is 837 g/mol. The summed E-state index contributed by atoms with van der Waals surface area (Å²) in [5, 5.41) is 57.8. The molecular formula is C39H54N11O10+. The molecule has 5 heterocycles. The zero-order valence-electron chi connectivity index (χ0n) is 33.7. The van der Waals surface area contributed by atoms with Gasteiger partial charge in [0, 0.05) is 49.2 Å². The molecule has 8 atom stereocenters. The minimum Gasteiger partial charge on any atom is -0.394 e. The zero-order valence-corrected chi connectivity index (χ0v) is 33.7. The lowest BCUT2D eigenvalue weighted by molar-refractivity contribution is -0.932. The van der Waals surface area contributed by atoms with Crippen LogP contribution in [0.1, 0.15) is 45.6 Å². The number of aromatic nitrogens is 4. The maximum atomic E-state index is 13.1. The first-order chi connectivity index (χ1) is 28.7. The molecule has 2 saturated heterocycles. The number of aliphatic hydroxyl groups excluding tert-OH is 4. The largest absolute Gasteiger partial charge is 0.394 e. The van der Waals surface area contributed by atoms with Crippen molar-refractivity contribution in [2.75, 3.05) is 43.4 Å². The van der Waals surface area contributed by atoms with Gasteiger partial charge in [-0.05, 0) is 25.0 Å². The van der Waals surface area contributed by atoms with Crippen LogP contribution < -0.4 is 26.6 Å². The smallest absolute Gasteiger partial charge is 0.253 e. The highest BCUT2D eigenvalue weighted by atomic mass is 16.5. The fraction of sp³-hybridized carbons (Fsp3) is 0.538. The number of aliphatic hydroxyl groups is 4. The molecule has 2 fully saturated rings. The molecule has 0 spiro atoms. The van der Waals surface area contributed by atoms with Crippen molar-refractivity contribution < 1.29 is 53.6 Å². The van der Waals surface area contributed by atoms with E-state index < -0.39 is 85.0 Å². The first-order valence-electron chi connectivity index (χ1n) is 20.0. The van der Waals surface area contributed by atoms with Crippen molar-refractivity contribution in [2.24, 2.45) is 5.92 Å². The van der Waals surface area contributed by atoms with E-state index in [1.807, 2.05) is 12.1 Å². The number of fused-ring (bicyclic) bond motifs is 1. The number of quaternary nitrogens is 1. The fourth-order valence-corrected chi connectivity index (χ4v) is 7.85. The minimum absolute atomic E-state index is 0.123. The highest BCUT2D eigenvalue weighted by Gasteiger charge is 2.46. The average Bonchev–Trinajstić information content (AvgIpc) is 3.97. The van der Waals surface area contributed by atoms with E-state index in [4.69, 9.17) is 4.74 Å². The lowest BCUT2D eigenvalue weighted by Crippen LogP contribution is -2.67. The Kier molecular flexibility index (Phi) is 14.2. The van der Waals surface area contributed by atoms with Crippen LogP contribution in [0.2, 0.25) is 0 Å². The standard InChI is InChI=1S/C39H53N11O10/c1-21(2)30(46-26(52)12-13-49-28(54)10-11-29(49)55)38(59)44-22(3)37(58)45-24-8-6-23(7-9-24)16-50(14-4-5-15-50)17-27(53)47-31-25(18-51)60-39(34(57)33(31)56)48-36-32-35(41-19-40-32)42-20-43-36/h6-11,19-22,25,27,30-31,33-34,39,47,51,53,56-57H,4-5,12-18H2,1-3H3,(H4-,40,41,42,43,44,45,46,48,52,54,55,58,59)/p+1/t22-,25-,27?,30-,31-,33+,34-,39-/m0/s1. The molecule has 1 unspecified atom stereocenters. The molecule has 3 aromatic rings. The number of H-pyrrole nitrogens is 1. The van der Waals surface area contributed by atoms with Crippen molar-refractivity contribution in [2.45, 2.75) is 95.5 Å². The molecular weight excluding hydrogens is 782 g/mol. The molecule has 0 bridgehead atoms. The Balaban J connectivity index is 0.990. The van der Waals surface area contributed by atoms with Crippen molar-refractivity contribution in [3.8, 4) is 0 Å². The van der Waals surface area contributed by atoms with Gasteiger partial charge in [-0.2, -0.15) is 0 Å². The Morgan fingerprint density at radius 1 is 0.967 bits per heavy atom. The quantitative estimate of drug-likeness (QED) is 0.0384. The SMILES string of the molecule is CC(C)[C@H](NC(=O)CCN1C(=O)C=CC1=O)C(=O)N[C@@H](C)C(=O)Nc1ccc(C[N+]2(CC(O)N[C@@H]3[C@@H](O)[C@H](O)[C@@H](Nc4ncnc5nc[nH]c45)O[C@H]3CO)CCCC2)cc1. The van der Waals surface area contributed by atoms with Crippen LogP contribution in [-0.4, -0.2) is 161 Å². The first kappa shape index (κ1) is 44.1. The predicted octanol–water partition coefficient (Wildman–Crippen LogP) is -1.81. The number of aromatic amines is 1. The summed E-state index contributed by atoms with van der Waals surface area (Å²) in [5.74, 6) is -2.61. The minimum atomic E-state index is -1.46. The number of imidazole rings is 1. The van der Waals surface area contributed by atoms with Crippen LogP contribution in [0.3, 0.4) is 0 Å². The molecule has 3 aliphatic rings. The zero-order chi connectivity index (χ0) is 43.1. The fourth-order valence-electron chi connectivity index (χ4n) is 7.85. The van der Waals surface area contributed by atoms with Gasteiger partial charge in [0.05, 0.1) is 32.1 Å². The molecule has 21 nitrogen and oxygen atoms in total. The molecule has 6 rings (SSSR count). The molecule has 0 radical (unpaired) electrons. The molecule has 10 N–H and O–H groups in total. The number of benzene rings is 1. The number of amides is 5. The van der Waals surface area contributed by atoms with Crippen LogP contribution in [0, 0.1) is 5.92 Å². The number of carbonyl (C=O) groups is 5. The van der Waals surface area contributed by atoms with Gasteiger partial charge in [-0.1, -0.05) is 26.0 Å². The first-order valence-corrected chi connectivity index (χ1v) is 20.0. The molecule has 1 aromatic carbocycles. The van der Waals surface area contributed by atoms with Gasteiger partial charge in [0.1, 0.15) is 55.3 Å². The van der Waals surface area contributed by atoms with Gasteiger partial charge < -0.3 is 55.9 Å². The number of carbonyl (C=O) groups excluding carboxylic acids is 5. The van der Waals surface area contributed by atoms with Gasteiger partial charge >= 0.3 is 0 Å². The van der Waals surface area contributed by atoms with Gasteiger partial charge in [-0.25, -0.2) is 15.0 Å². The lowest BCUT2D eigenvalue weighted by atomic mass is 9.95. The molecule has 3 aliphatic heterocycles. The summed E-state index contributed by atoms with van der Waals surface area (Å²) in [7, 11) is 0. The highest BCUT2D eigenvalue weighted by molar-refractivity contribution is 6.13. The Bertz CT molecular complexity index is 2020. The summed E-state index contributed by atoms with van der Waals surface area (Å²) < 4.78 is 6.48. The Morgan fingerprint density at radius 3 is 2.33 bits per heavy atom. The molecule has 2 aromatic heterocycles. The second-order valence-electron chi connectivity index (χ2n) is 15.9. The van der Waals surface area contributed by atoms with Gasteiger partial charge in [0.15, 0.2) is 23.9 Å². The highest BCUT2D eigenvalue weighted by Crippen LogP contribution is 2.27. The number of anilines is 2. The number of hydrogen-bond acceptors (Lipinski definition) is 15. The maximum Gasteiger partial charge on any atom is 0.253 e. The van der Waals surface area contributed by atoms with E-state index in [-0.39, 0.29) is 31.2 Å². The summed E-state index contributed by atoms with van der Waals surface area (Å²) in [4.78, 5) is 78.6. The topological polar surface area (TPSA) is 293 Å². The number of imide groups is 1. The number of rotatable bonds is 18. The summed E-state index contributed by atoms with van der Waals surface area (Å²) in [5.41, 5.74) is 2.31. The summed E-state index contributed by atoms with van der Waals surface area (Å²) in [6, 6.07) is 4.32. The Morgan fingerprint density at radius 2 is 1.67 bits per heavy atom. The Labute approximate surface area is 345 Å². The van der Waals surface area contributed by atoms with Crippen LogP contribution in [0.15, 0.2) is 49.1 Å². The van der Waals surface area contributed by atoms with Gasteiger partial charge in [-0.15, -0.1) is 0 Å².